The Morgan fingerprint density at radius 1 is 0.817 bits per heavy atom. The van der Waals surface area contributed by atoms with Crippen LogP contribution in [0, 0.1) is 5.41 Å². The van der Waals surface area contributed by atoms with Gasteiger partial charge >= 0.3 is 5.51 Å². The number of nitrogens with one attached hydrogen (secondary N) is 2. The summed E-state index contributed by atoms with van der Waals surface area (Å²) in [6, 6.07) is 26.0. The van der Waals surface area contributed by atoms with Crippen LogP contribution in [0.1, 0.15) is 67.8 Å². The Bertz CT molecular complexity index is 2700. The number of allylic oxidation sites excluding steroid dienone is 1. The van der Waals surface area contributed by atoms with Crippen molar-refractivity contribution in [2.75, 3.05) is 101 Å². The molecule has 2 N–H and O–H groups in total. The normalized spacial score (nSPS) is 20.7. The molecule has 4 aromatic carbocycles. The summed E-state index contributed by atoms with van der Waals surface area (Å²) in [6.45, 7) is 12.9. The maximum absolute atomic E-state index is 14.2. The van der Waals surface area contributed by atoms with Crippen LogP contribution >= 0.6 is 23.4 Å². The number of morpholine rings is 1. The zero-order valence-electron chi connectivity index (χ0n) is 40.1. The van der Waals surface area contributed by atoms with E-state index in [1.807, 2.05) is 47.2 Å². The number of sulfone groups is 1. The van der Waals surface area contributed by atoms with E-state index in [9.17, 15) is 34.8 Å². The van der Waals surface area contributed by atoms with Crippen molar-refractivity contribution in [1.82, 2.24) is 19.4 Å². The van der Waals surface area contributed by atoms with E-state index in [4.69, 9.17) is 16.3 Å². The number of anilines is 2. The molecular formula is C52H64ClF3N6O6S3. The van der Waals surface area contributed by atoms with E-state index in [0.717, 1.165) is 86.3 Å². The number of sulfonamides is 1. The van der Waals surface area contributed by atoms with Gasteiger partial charge in [0.25, 0.3) is 25.8 Å². The first-order valence-electron chi connectivity index (χ1n) is 24.5. The lowest BCUT2D eigenvalue weighted by Crippen LogP contribution is -2.47. The summed E-state index contributed by atoms with van der Waals surface area (Å²) in [7, 11) is -10.9. The van der Waals surface area contributed by atoms with Crippen LogP contribution in [0.5, 0.6) is 0 Å². The third kappa shape index (κ3) is 13.9. The Hall–Kier alpha value is -4.14. The number of hydrogen-bond acceptors (Lipinski definition) is 12. The van der Waals surface area contributed by atoms with Gasteiger partial charge in [-0.15, -0.1) is 11.8 Å². The van der Waals surface area contributed by atoms with Gasteiger partial charge in [-0.25, -0.2) is 21.6 Å². The molecule has 4 aliphatic rings. The van der Waals surface area contributed by atoms with Crippen LogP contribution in [0.3, 0.4) is 0 Å². The molecule has 8 rings (SSSR count). The van der Waals surface area contributed by atoms with E-state index in [1.54, 1.807) is 12.1 Å². The number of thioether (sulfide) groups is 1. The van der Waals surface area contributed by atoms with Crippen molar-refractivity contribution >= 4 is 66.1 Å². The van der Waals surface area contributed by atoms with Gasteiger partial charge in [0.15, 0.2) is 0 Å². The Morgan fingerprint density at radius 2 is 1.51 bits per heavy atom. The summed E-state index contributed by atoms with van der Waals surface area (Å²) < 4.78 is 104. The maximum atomic E-state index is 14.2. The number of alkyl halides is 3. The molecule has 2 atom stereocenters. The predicted molar refractivity (Wildman–Crippen MR) is 277 cm³/mol. The van der Waals surface area contributed by atoms with E-state index in [-0.39, 0.29) is 11.0 Å². The minimum Gasteiger partial charge on any atom is -0.380 e. The molecule has 3 aliphatic heterocycles. The molecule has 3 fully saturated rings. The molecule has 1 unspecified atom stereocenters. The molecule has 1 amide bonds. The van der Waals surface area contributed by atoms with Crippen LogP contribution in [0.2, 0.25) is 5.02 Å². The number of likely N-dealkylation sites (tertiary alicyclic amines) is 1. The molecule has 0 spiro atoms. The second-order valence-corrected chi connectivity index (χ2v) is 24.6. The van der Waals surface area contributed by atoms with Gasteiger partial charge in [0.2, 0.25) is 0 Å². The number of piperazine rings is 1. The van der Waals surface area contributed by atoms with Gasteiger partial charge in [-0.1, -0.05) is 60.9 Å². The number of carbonyl (C=O) groups excluding carboxylic acids is 1. The lowest BCUT2D eigenvalue weighted by atomic mass is 9.71. The largest absolute Gasteiger partial charge is 0.501 e. The quantitative estimate of drug-likeness (QED) is 0.0922. The van der Waals surface area contributed by atoms with Crippen LogP contribution in [-0.4, -0.2) is 140 Å². The number of nitrogens with zero attached hydrogens (tertiary/aromatic N) is 4. The molecule has 0 aromatic heterocycles. The van der Waals surface area contributed by atoms with Crippen molar-refractivity contribution in [1.29, 1.82) is 0 Å². The molecule has 0 saturated carbocycles. The van der Waals surface area contributed by atoms with E-state index in [0.29, 0.717) is 51.1 Å². The average molecular weight is 1060 g/mol. The van der Waals surface area contributed by atoms with Gasteiger partial charge in [-0.3, -0.25) is 14.6 Å². The average Bonchev–Trinajstić information content (AvgIpc) is 3.36. The van der Waals surface area contributed by atoms with Crippen molar-refractivity contribution in [3.63, 3.8) is 0 Å². The fourth-order valence-electron chi connectivity index (χ4n) is 10.2. The van der Waals surface area contributed by atoms with Gasteiger partial charge in [0.1, 0.15) is 4.90 Å². The Morgan fingerprint density at radius 3 is 2.18 bits per heavy atom. The van der Waals surface area contributed by atoms with Gasteiger partial charge in [0, 0.05) is 91.9 Å². The first-order chi connectivity index (χ1) is 33.9. The topological polar surface area (TPSA) is 132 Å². The van der Waals surface area contributed by atoms with Crippen molar-refractivity contribution < 1.29 is 39.5 Å². The molecule has 0 radical (unpaired) electrons. The summed E-state index contributed by atoms with van der Waals surface area (Å²) >= 11 is 7.74. The van der Waals surface area contributed by atoms with Gasteiger partial charge in [-0.05, 0) is 135 Å². The number of piperidine rings is 1. The predicted octanol–water partition coefficient (Wildman–Crippen LogP) is 9.30. The number of benzene rings is 4. The molecule has 0 bridgehead atoms. The van der Waals surface area contributed by atoms with E-state index < -0.39 is 52.8 Å². The molecule has 1 aliphatic carbocycles. The number of carbonyl (C=O) groups is 1. The highest BCUT2D eigenvalue weighted by atomic mass is 35.5. The summed E-state index contributed by atoms with van der Waals surface area (Å²) in [4.78, 5) is 21.8. The van der Waals surface area contributed by atoms with Crippen LogP contribution in [0.15, 0.2) is 117 Å². The fraction of sp³-hybridized carbons (Fsp3) is 0.481. The van der Waals surface area contributed by atoms with Crippen LogP contribution in [0.25, 0.3) is 5.57 Å². The van der Waals surface area contributed by atoms with E-state index in [2.05, 4.69) is 44.0 Å². The highest BCUT2D eigenvalue weighted by Gasteiger charge is 2.48. The monoisotopic (exact) mass is 1060 g/mol. The molecule has 12 nitrogen and oxygen atoms in total. The van der Waals surface area contributed by atoms with Crippen LogP contribution < -0.4 is 14.9 Å². The highest BCUT2D eigenvalue weighted by Crippen LogP contribution is 2.44. The number of rotatable bonds is 18. The summed E-state index contributed by atoms with van der Waals surface area (Å²) in [5.41, 5.74) is -0.940. The summed E-state index contributed by atoms with van der Waals surface area (Å²) in [6.07, 6.45) is 7.51. The lowest BCUT2D eigenvalue weighted by molar-refractivity contribution is -0.0435. The Balaban J connectivity index is 0.920. The molecular weight excluding hydrogens is 993 g/mol. The van der Waals surface area contributed by atoms with Crippen LogP contribution in [-0.2, 0) is 24.6 Å². The lowest BCUT2D eigenvalue weighted by Gasteiger charge is -2.43. The molecule has 384 valence electrons. The summed E-state index contributed by atoms with van der Waals surface area (Å²) in [5.74, 6) is -0.649. The number of hydrogen-bond donors (Lipinski definition) is 2. The molecule has 71 heavy (non-hydrogen) atoms. The SMILES string of the molecule is CC1(CN2CCCCC2)CCC(c2ccc(Cl)cc2)=C(CN2CCN(c3ccc(C(=O)NS(=O)(=O)c4ccc(N[C@H](CCN5CCOCC5)CSc5ccccc5)c(S(=O)(=O)C(F)(F)F)c4)cc3)CC2)C1. The molecule has 19 heteroatoms. The minimum absolute atomic E-state index is 0.00276. The number of halogens is 4. The van der Waals surface area contributed by atoms with Crippen molar-refractivity contribution in [3.05, 3.63) is 119 Å². The fourth-order valence-corrected chi connectivity index (χ4v) is 13.3. The van der Waals surface area contributed by atoms with Gasteiger partial charge < -0.3 is 19.9 Å². The molecule has 3 saturated heterocycles. The van der Waals surface area contributed by atoms with Crippen molar-refractivity contribution in [2.45, 2.75) is 78.1 Å². The standard InChI is InChI=1S/C52H64ClF3N6O6S3/c1-51(38-61-23-6-3-7-24-61)22-20-47(39-10-14-42(53)15-11-39)41(35-51)36-60-26-28-62(29-27-60)44-16-12-40(13-17-44)50(63)58-71(66,67)46-18-19-48(49(34-46)70(64,65)52(54,55)56)57-43(21-25-59-30-32-68-33-31-59)37-69-45-8-4-2-5-9-45/h2,4-5,8-19,34,43,57H,3,6-7,20-33,35-38H2,1H3,(H,58,63)/t43-,51?/m1/s1. The first kappa shape index (κ1) is 53.2. The minimum atomic E-state index is -6.06. The zero-order valence-corrected chi connectivity index (χ0v) is 43.3. The third-order valence-corrected chi connectivity index (χ3v) is 18.4. The van der Waals surface area contributed by atoms with Crippen molar-refractivity contribution in [3.8, 4) is 0 Å². The summed E-state index contributed by atoms with van der Waals surface area (Å²) in [5, 5.41) is 3.73. The van der Waals surface area contributed by atoms with Crippen molar-refractivity contribution in [2.24, 2.45) is 5.41 Å². The third-order valence-electron chi connectivity index (χ3n) is 14.1. The smallest absolute Gasteiger partial charge is 0.380 e. The second-order valence-electron chi connectivity index (χ2n) is 19.5. The molecule has 4 aromatic rings. The highest BCUT2D eigenvalue weighted by molar-refractivity contribution is 7.99. The first-order valence-corrected chi connectivity index (χ1v) is 28.8. The Labute approximate surface area is 426 Å². The Kier molecular flexibility index (Phi) is 17.5. The van der Waals surface area contributed by atoms with Gasteiger partial charge in [-0.2, -0.15) is 13.2 Å². The number of amides is 1. The molecule has 3 heterocycles. The maximum Gasteiger partial charge on any atom is 0.501 e. The van der Waals surface area contributed by atoms with E-state index >= 15 is 0 Å². The second kappa shape index (κ2) is 23.4. The van der Waals surface area contributed by atoms with Gasteiger partial charge in [0.05, 0.1) is 23.8 Å². The van der Waals surface area contributed by atoms with E-state index in [1.165, 1.54) is 73.0 Å². The van der Waals surface area contributed by atoms with Crippen LogP contribution in [0.4, 0.5) is 24.5 Å². The number of ether oxygens (including phenoxy) is 1. The zero-order chi connectivity index (χ0) is 50.2.